The highest BCUT2D eigenvalue weighted by molar-refractivity contribution is 7.15. The van der Waals surface area contributed by atoms with Gasteiger partial charge in [-0.1, -0.05) is 58.8 Å². The molecule has 2 aromatic carbocycles. The molecular weight excluding hydrogens is 424 g/mol. The van der Waals surface area contributed by atoms with Crippen LogP contribution in [0.5, 0.6) is 0 Å². The lowest BCUT2D eigenvalue weighted by Gasteiger charge is -2.02. The average Bonchev–Trinajstić information content (AvgIpc) is 2.95. The number of aromatic nitrogens is 3. The fourth-order valence-electron chi connectivity index (χ4n) is 2.65. The van der Waals surface area contributed by atoms with E-state index in [1.165, 1.54) is 24.3 Å². The maximum absolute atomic E-state index is 14.0. The standard InChI is InChI=1S/C19H10Cl2FN3O2S/c20-12-5-2-1-4-10(12)8-15-17(26)23-19-25(24-15)18(27)16(28-19)9-11-13(21)6-3-7-14(11)22/h1-7,9H,8H2. The Kier molecular flexibility index (Phi) is 4.97. The van der Waals surface area contributed by atoms with Crippen LogP contribution in [0.15, 0.2) is 52.1 Å². The van der Waals surface area contributed by atoms with Gasteiger partial charge in [-0.15, -0.1) is 0 Å². The van der Waals surface area contributed by atoms with Crippen LogP contribution in [0.25, 0.3) is 11.0 Å². The van der Waals surface area contributed by atoms with Crippen LogP contribution in [0.4, 0.5) is 4.39 Å². The third-order valence-corrected chi connectivity index (χ3v) is 5.70. The molecule has 0 radical (unpaired) electrons. The number of halogens is 3. The number of nitrogens with zero attached hydrogens (tertiary/aromatic N) is 3. The van der Waals surface area contributed by atoms with Gasteiger partial charge in [0.1, 0.15) is 11.5 Å². The lowest BCUT2D eigenvalue weighted by atomic mass is 10.1. The van der Waals surface area contributed by atoms with Crippen LogP contribution < -0.4 is 15.7 Å². The fourth-order valence-corrected chi connectivity index (χ4v) is 3.96. The molecule has 0 amide bonds. The van der Waals surface area contributed by atoms with Gasteiger partial charge in [0.2, 0.25) is 4.96 Å². The van der Waals surface area contributed by atoms with E-state index in [1.54, 1.807) is 24.3 Å². The third-order valence-electron chi connectivity index (χ3n) is 4.04. The van der Waals surface area contributed by atoms with E-state index >= 15 is 0 Å². The van der Waals surface area contributed by atoms with Gasteiger partial charge in [-0.2, -0.15) is 14.6 Å². The molecule has 0 aliphatic carbocycles. The summed E-state index contributed by atoms with van der Waals surface area (Å²) in [5, 5.41) is 4.82. The van der Waals surface area contributed by atoms with Crippen molar-refractivity contribution >= 4 is 45.6 Å². The van der Waals surface area contributed by atoms with Crippen molar-refractivity contribution in [1.82, 2.24) is 14.6 Å². The molecule has 28 heavy (non-hydrogen) atoms. The maximum Gasteiger partial charge on any atom is 0.296 e. The summed E-state index contributed by atoms with van der Waals surface area (Å²) in [6, 6.07) is 11.3. The normalized spacial score (nSPS) is 12.0. The molecule has 2 heterocycles. The van der Waals surface area contributed by atoms with Gasteiger partial charge in [-0.25, -0.2) is 4.39 Å². The summed E-state index contributed by atoms with van der Waals surface area (Å²) < 4.78 is 15.2. The fraction of sp³-hybridized carbons (Fsp3) is 0.0526. The summed E-state index contributed by atoms with van der Waals surface area (Å²) in [7, 11) is 0. The van der Waals surface area contributed by atoms with Crippen molar-refractivity contribution in [2.24, 2.45) is 0 Å². The van der Waals surface area contributed by atoms with Gasteiger partial charge in [0.25, 0.3) is 11.1 Å². The van der Waals surface area contributed by atoms with Crippen LogP contribution in [0.2, 0.25) is 10.0 Å². The van der Waals surface area contributed by atoms with Gasteiger partial charge in [-0.05, 0) is 29.8 Å². The maximum atomic E-state index is 14.0. The molecule has 0 N–H and O–H groups in total. The molecule has 0 atom stereocenters. The smallest absolute Gasteiger partial charge is 0.266 e. The molecule has 2 aromatic heterocycles. The first-order valence-electron chi connectivity index (χ1n) is 8.06. The zero-order valence-electron chi connectivity index (χ0n) is 14.0. The molecule has 0 unspecified atom stereocenters. The third kappa shape index (κ3) is 3.44. The van der Waals surface area contributed by atoms with Gasteiger partial charge in [0, 0.05) is 17.0 Å². The van der Waals surface area contributed by atoms with E-state index in [1.807, 2.05) is 0 Å². The number of fused-ring (bicyclic) bond motifs is 1. The Hall–Kier alpha value is -2.61. The van der Waals surface area contributed by atoms with Crippen LogP contribution in [0, 0.1) is 5.82 Å². The number of hydrogen-bond donors (Lipinski definition) is 0. The predicted molar refractivity (Wildman–Crippen MR) is 108 cm³/mol. The molecule has 0 fully saturated rings. The first-order chi connectivity index (χ1) is 13.4. The Labute approximate surface area is 171 Å². The van der Waals surface area contributed by atoms with E-state index in [4.69, 9.17) is 23.2 Å². The number of thiazole rings is 1. The monoisotopic (exact) mass is 433 g/mol. The summed E-state index contributed by atoms with van der Waals surface area (Å²) in [5.74, 6) is -0.556. The summed E-state index contributed by atoms with van der Waals surface area (Å²) in [5.41, 5.74) is -0.171. The Morgan fingerprint density at radius 1 is 1.07 bits per heavy atom. The lowest BCUT2D eigenvalue weighted by Crippen LogP contribution is -2.28. The second kappa shape index (κ2) is 7.43. The minimum absolute atomic E-state index is 0.0899. The summed E-state index contributed by atoms with van der Waals surface area (Å²) >= 11 is 13.1. The Morgan fingerprint density at radius 3 is 2.57 bits per heavy atom. The molecule has 140 valence electrons. The topological polar surface area (TPSA) is 64.3 Å². The van der Waals surface area contributed by atoms with Gasteiger partial charge < -0.3 is 0 Å². The van der Waals surface area contributed by atoms with Crippen molar-refractivity contribution in [3.8, 4) is 0 Å². The van der Waals surface area contributed by atoms with Crippen molar-refractivity contribution in [1.29, 1.82) is 0 Å². The molecular formula is C19H10Cl2FN3O2S. The average molecular weight is 434 g/mol. The second-order valence-electron chi connectivity index (χ2n) is 5.88. The Balaban J connectivity index is 1.87. The number of benzene rings is 2. The highest BCUT2D eigenvalue weighted by Gasteiger charge is 2.13. The van der Waals surface area contributed by atoms with E-state index in [0.717, 1.165) is 15.9 Å². The van der Waals surface area contributed by atoms with Crippen LogP contribution in [-0.4, -0.2) is 14.6 Å². The van der Waals surface area contributed by atoms with Crippen LogP contribution in [0.1, 0.15) is 16.8 Å². The minimum Gasteiger partial charge on any atom is -0.266 e. The van der Waals surface area contributed by atoms with Gasteiger partial charge in [0.15, 0.2) is 0 Å². The van der Waals surface area contributed by atoms with Crippen LogP contribution in [-0.2, 0) is 6.42 Å². The van der Waals surface area contributed by atoms with Crippen molar-refractivity contribution in [3.05, 3.63) is 100 Å². The zero-order valence-corrected chi connectivity index (χ0v) is 16.4. The highest BCUT2D eigenvalue weighted by atomic mass is 35.5. The minimum atomic E-state index is -0.556. The number of rotatable bonds is 3. The van der Waals surface area contributed by atoms with Crippen LogP contribution in [0.3, 0.4) is 0 Å². The SMILES string of the molecule is O=c1nc2sc(=Cc3c(F)cccc3Cl)c(=O)n2nc1Cc1ccccc1Cl. The van der Waals surface area contributed by atoms with E-state index < -0.39 is 16.9 Å². The van der Waals surface area contributed by atoms with Crippen molar-refractivity contribution in [2.45, 2.75) is 6.42 Å². The molecule has 0 aliphatic rings. The van der Waals surface area contributed by atoms with E-state index in [2.05, 4.69) is 10.1 Å². The van der Waals surface area contributed by atoms with Gasteiger partial charge in [-0.3, -0.25) is 9.59 Å². The van der Waals surface area contributed by atoms with E-state index in [9.17, 15) is 14.0 Å². The summed E-state index contributed by atoms with van der Waals surface area (Å²) in [4.78, 5) is 29.1. The molecule has 4 aromatic rings. The van der Waals surface area contributed by atoms with Gasteiger partial charge >= 0.3 is 0 Å². The molecule has 0 spiro atoms. The largest absolute Gasteiger partial charge is 0.296 e. The van der Waals surface area contributed by atoms with E-state index in [0.29, 0.717) is 10.6 Å². The molecule has 0 bridgehead atoms. The Morgan fingerprint density at radius 2 is 1.82 bits per heavy atom. The van der Waals surface area contributed by atoms with Crippen molar-refractivity contribution < 1.29 is 4.39 Å². The Bertz CT molecular complexity index is 1360. The first kappa shape index (κ1) is 18.7. The lowest BCUT2D eigenvalue weighted by molar-refractivity contribution is 0.625. The molecule has 5 nitrogen and oxygen atoms in total. The molecule has 0 saturated carbocycles. The molecule has 9 heteroatoms. The summed E-state index contributed by atoms with van der Waals surface area (Å²) in [6.07, 6.45) is 1.47. The van der Waals surface area contributed by atoms with E-state index in [-0.39, 0.29) is 32.2 Å². The summed E-state index contributed by atoms with van der Waals surface area (Å²) in [6.45, 7) is 0. The quantitative estimate of drug-likeness (QED) is 0.497. The first-order valence-corrected chi connectivity index (χ1v) is 9.63. The molecule has 0 saturated heterocycles. The molecule has 4 rings (SSSR count). The molecule has 0 aliphatic heterocycles. The highest BCUT2D eigenvalue weighted by Crippen LogP contribution is 2.19. The van der Waals surface area contributed by atoms with Crippen molar-refractivity contribution in [2.75, 3.05) is 0 Å². The predicted octanol–water partition coefficient (Wildman–Crippen LogP) is 3.10. The second-order valence-corrected chi connectivity index (χ2v) is 7.70. The van der Waals surface area contributed by atoms with Gasteiger partial charge in [0.05, 0.1) is 9.55 Å². The zero-order chi connectivity index (χ0) is 19.8. The van der Waals surface area contributed by atoms with Crippen molar-refractivity contribution in [3.63, 3.8) is 0 Å². The van der Waals surface area contributed by atoms with Crippen LogP contribution >= 0.6 is 34.5 Å². The number of hydrogen-bond acceptors (Lipinski definition) is 5.